The molecule has 2 unspecified atom stereocenters. The Hall–Kier alpha value is -1.69. The molecule has 2 aromatic rings. The van der Waals surface area contributed by atoms with E-state index >= 15 is 0 Å². The van der Waals surface area contributed by atoms with Crippen molar-refractivity contribution in [1.29, 1.82) is 0 Å². The zero-order valence-electron chi connectivity index (χ0n) is 12.2. The van der Waals surface area contributed by atoms with E-state index in [1.165, 1.54) is 11.8 Å². The lowest BCUT2D eigenvalue weighted by Gasteiger charge is -2.27. The molecule has 120 valence electrons. The van der Waals surface area contributed by atoms with Crippen LogP contribution in [0.2, 0.25) is 5.02 Å². The molecule has 0 radical (unpaired) electrons. The van der Waals surface area contributed by atoms with Crippen LogP contribution in [0.25, 0.3) is 0 Å². The molecule has 1 aliphatic heterocycles. The second-order valence-electron chi connectivity index (χ2n) is 5.40. The number of para-hydroxylation sites is 1. The van der Waals surface area contributed by atoms with Crippen LogP contribution < -0.4 is 0 Å². The minimum atomic E-state index is -0.850. The number of halogens is 1. The molecule has 2 aromatic carbocycles. The van der Waals surface area contributed by atoms with Crippen LogP contribution in [-0.2, 0) is 11.3 Å². The van der Waals surface area contributed by atoms with Gasteiger partial charge in [-0.1, -0.05) is 41.9 Å². The minimum Gasteiger partial charge on any atom is -0.508 e. The predicted molar refractivity (Wildman–Crippen MR) is 91.7 cm³/mol. The van der Waals surface area contributed by atoms with Gasteiger partial charge in [0.1, 0.15) is 11.8 Å². The zero-order valence-corrected chi connectivity index (χ0v) is 13.8. The fraction of sp³-hybridized carbons (Fsp3) is 0.235. The first kappa shape index (κ1) is 16.2. The Balaban J connectivity index is 1.93. The SMILES string of the molecule is O=C(O)C1CSC(c2ccccc2O)N1Cc1cccc(Cl)c1. The number of carboxylic acid groups (broad SMARTS) is 1. The van der Waals surface area contributed by atoms with Crippen molar-refractivity contribution in [3.8, 4) is 5.75 Å². The lowest BCUT2D eigenvalue weighted by atomic mass is 10.1. The number of benzene rings is 2. The third kappa shape index (κ3) is 3.47. The molecule has 3 rings (SSSR count). The normalized spacial score (nSPS) is 21.4. The van der Waals surface area contributed by atoms with Gasteiger partial charge < -0.3 is 10.2 Å². The highest BCUT2D eigenvalue weighted by molar-refractivity contribution is 7.99. The molecule has 0 aromatic heterocycles. The van der Waals surface area contributed by atoms with Crippen LogP contribution in [0.5, 0.6) is 5.75 Å². The predicted octanol–water partition coefficient (Wildman–Crippen LogP) is 3.75. The topological polar surface area (TPSA) is 60.8 Å². The van der Waals surface area contributed by atoms with Gasteiger partial charge in [-0.05, 0) is 23.8 Å². The Labute approximate surface area is 143 Å². The molecule has 1 saturated heterocycles. The van der Waals surface area contributed by atoms with Gasteiger partial charge in [0.2, 0.25) is 0 Å². The highest BCUT2D eigenvalue weighted by atomic mass is 35.5. The Morgan fingerprint density at radius 2 is 2.04 bits per heavy atom. The molecule has 2 atom stereocenters. The van der Waals surface area contributed by atoms with E-state index in [0.29, 0.717) is 17.3 Å². The van der Waals surface area contributed by atoms with Gasteiger partial charge in [0.05, 0.1) is 5.37 Å². The van der Waals surface area contributed by atoms with E-state index < -0.39 is 12.0 Å². The summed E-state index contributed by atoms with van der Waals surface area (Å²) in [5.41, 5.74) is 1.69. The first-order valence-electron chi connectivity index (χ1n) is 7.19. The molecular weight excluding hydrogens is 334 g/mol. The van der Waals surface area contributed by atoms with E-state index in [1.54, 1.807) is 18.2 Å². The number of phenolic OH excluding ortho intramolecular Hbond substituents is 1. The smallest absolute Gasteiger partial charge is 0.321 e. The van der Waals surface area contributed by atoms with Crippen molar-refractivity contribution >= 4 is 29.3 Å². The molecule has 0 spiro atoms. The Kier molecular flexibility index (Phi) is 4.80. The highest BCUT2D eigenvalue weighted by Gasteiger charge is 2.40. The van der Waals surface area contributed by atoms with Crippen LogP contribution in [-0.4, -0.2) is 32.9 Å². The maximum absolute atomic E-state index is 11.6. The summed E-state index contributed by atoms with van der Waals surface area (Å²) in [5, 5.41) is 20.0. The molecule has 2 N–H and O–H groups in total. The summed E-state index contributed by atoms with van der Waals surface area (Å²) in [5.74, 6) is -0.181. The summed E-state index contributed by atoms with van der Waals surface area (Å²) in [6, 6.07) is 13.9. The lowest BCUT2D eigenvalue weighted by molar-refractivity contribution is -0.142. The van der Waals surface area contributed by atoms with Crippen LogP contribution >= 0.6 is 23.4 Å². The molecule has 4 nitrogen and oxygen atoms in total. The summed E-state index contributed by atoms with van der Waals surface area (Å²) in [6.45, 7) is 0.462. The fourth-order valence-corrected chi connectivity index (χ4v) is 4.46. The van der Waals surface area contributed by atoms with E-state index in [2.05, 4.69) is 0 Å². The quantitative estimate of drug-likeness (QED) is 0.880. The van der Waals surface area contributed by atoms with Crippen molar-refractivity contribution < 1.29 is 15.0 Å². The van der Waals surface area contributed by atoms with Gasteiger partial charge in [-0.15, -0.1) is 11.8 Å². The standard InChI is InChI=1S/C17H16ClNO3S/c18-12-5-3-4-11(8-12)9-19-14(17(21)22)10-23-16(19)13-6-1-2-7-15(13)20/h1-8,14,16,20H,9-10H2,(H,21,22). The minimum absolute atomic E-state index is 0.187. The first-order chi connectivity index (χ1) is 11.1. The number of phenols is 1. The van der Waals surface area contributed by atoms with Crippen LogP contribution in [0.3, 0.4) is 0 Å². The molecular formula is C17H16ClNO3S. The van der Waals surface area contributed by atoms with Gasteiger partial charge in [-0.3, -0.25) is 9.69 Å². The van der Waals surface area contributed by atoms with Crippen LogP contribution in [0.1, 0.15) is 16.5 Å². The number of aliphatic carboxylic acids is 1. The molecule has 23 heavy (non-hydrogen) atoms. The summed E-state index contributed by atoms with van der Waals surface area (Å²) in [6.07, 6.45) is 0. The third-order valence-corrected chi connectivity index (χ3v) is 5.44. The van der Waals surface area contributed by atoms with Crippen molar-refractivity contribution in [2.75, 3.05) is 5.75 Å². The molecule has 0 aliphatic carbocycles. The molecule has 1 heterocycles. The number of thioether (sulfide) groups is 1. The van der Waals surface area contributed by atoms with Crippen molar-refractivity contribution in [3.63, 3.8) is 0 Å². The number of carbonyl (C=O) groups is 1. The van der Waals surface area contributed by atoms with Crippen molar-refractivity contribution in [2.24, 2.45) is 0 Å². The molecule has 1 aliphatic rings. The maximum atomic E-state index is 11.6. The van der Waals surface area contributed by atoms with Crippen molar-refractivity contribution in [3.05, 3.63) is 64.7 Å². The summed E-state index contributed by atoms with van der Waals surface area (Å²) in [4.78, 5) is 13.5. The Morgan fingerprint density at radius 1 is 1.26 bits per heavy atom. The van der Waals surface area contributed by atoms with Gasteiger partial charge in [-0.2, -0.15) is 0 Å². The van der Waals surface area contributed by atoms with E-state index in [4.69, 9.17) is 11.6 Å². The zero-order chi connectivity index (χ0) is 16.4. The summed E-state index contributed by atoms with van der Waals surface area (Å²) < 4.78 is 0. The summed E-state index contributed by atoms with van der Waals surface area (Å²) >= 11 is 7.56. The number of carboxylic acids is 1. The van der Waals surface area contributed by atoms with Crippen LogP contribution in [0.4, 0.5) is 0 Å². The molecule has 0 bridgehead atoms. The second-order valence-corrected chi connectivity index (χ2v) is 6.95. The number of hydrogen-bond donors (Lipinski definition) is 2. The van der Waals surface area contributed by atoms with Crippen molar-refractivity contribution in [2.45, 2.75) is 18.0 Å². The number of hydrogen-bond acceptors (Lipinski definition) is 4. The van der Waals surface area contributed by atoms with Gasteiger partial charge in [0.25, 0.3) is 0 Å². The monoisotopic (exact) mass is 349 g/mol. The van der Waals surface area contributed by atoms with E-state index in [9.17, 15) is 15.0 Å². The van der Waals surface area contributed by atoms with Crippen LogP contribution in [0, 0.1) is 0 Å². The number of rotatable bonds is 4. The van der Waals surface area contributed by atoms with Gasteiger partial charge in [0.15, 0.2) is 0 Å². The maximum Gasteiger partial charge on any atom is 0.321 e. The van der Waals surface area contributed by atoms with Crippen molar-refractivity contribution in [1.82, 2.24) is 4.90 Å². The molecule has 0 saturated carbocycles. The highest BCUT2D eigenvalue weighted by Crippen LogP contribution is 2.45. The second kappa shape index (κ2) is 6.83. The number of nitrogens with zero attached hydrogens (tertiary/aromatic N) is 1. The molecule has 0 amide bonds. The largest absolute Gasteiger partial charge is 0.508 e. The molecule has 1 fully saturated rings. The fourth-order valence-electron chi connectivity index (χ4n) is 2.75. The van der Waals surface area contributed by atoms with E-state index in [0.717, 1.165) is 11.1 Å². The average Bonchev–Trinajstić information content (AvgIpc) is 2.91. The van der Waals surface area contributed by atoms with Gasteiger partial charge >= 0.3 is 5.97 Å². The molecule has 6 heteroatoms. The average molecular weight is 350 g/mol. The first-order valence-corrected chi connectivity index (χ1v) is 8.61. The lowest BCUT2D eigenvalue weighted by Crippen LogP contribution is -2.38. The number of aromatic hydroxyl groups is 1. The summed E-state index contributed by atoms with van der Waals surface area (Å²) in [7, 11) is 0. The van der Waals surface area contributed by atoms with Gasteiger partial charge in [-0.25, -0.2) is 0 Å². The Morgan fingerprint density at radius 3 is 2.74 bits per heavy atom. The third-order valence-electron chi connectivity index (χ3n) is 3.86. The van der Waals surface area contributed by atoms with Crippen LogP contribution in [0.15, 0.2) is 48.5 Å². The Bertz CT molecular complexity index is 724. The van der Waals surface area contributed by atoms with E-state index in [-0.39, 0.29) is 11.1 Å². The van der Waals surface area contributed by atoms with Gasteiger partial charge in [0, 0.05) is 22.9 Å². The van der Waals surface area contributed by atoms with E-state index in [1.807, 2.05) is 35.2 Å².